The normalized spacial score (nSPS) is 12.0. The van der Waals surface area contributed by atoms with E-state index in [1.165, 1.54) is 5.56 Å². The second-order valence-electron chi connectivity index (χ2n) is 4.96. The largest absolute Gasteiger partial charge is 0.363 e. The lowest BCUT2D eigenvalue weighted by Gasteiger charge is -2.19. The van der Waals surface area contributed by atoms with E-state index in [9.17, 15) is 0 Å². The summed E-state index contributed by atoms with van der Waals surface area (Å²) in [4.78, 5) is 8.93. The summed E-state index contributed by atoms with van der Waals surface area (Å²) in [6, 6.07) is 12.4. The number of aryl methyl sites for hydroxylation is 1. The van der Waals surface area contributed by atoms with Crippen LogP contribution in [0.1, 0.15) is 44.1 Å². The summed E-state index contributed by atoms with van der Waals surface area (Å²) in [5, 5.41) is 3.47. The first-order valence-electron chi connectivity index (χ1n) is 7.42. The molecule has 2 rings (SSSR count). The summed E-state index contributed by atoms with van der Waals surface area (Å²) in [6.07, 6.45) is 2.82. The van der Waals surface area contributed by atoms with Crippen molar-refractivity contribution in [2.24, 2.45) is 5.84 Å². The molecule has 0 bridgehead atoms. The molecule has 1 atom stereocenters. The topological polar surface area (TPSA) is 75.9 Å². The number of nitrogen functional groups attached to an aromatic ring is 1. The van der Waals surface area contributed by atoms with Crippen LogP contribution in [0.5, 0.6) is 0 Å². The van der Waals surface area contributed by atoms with Crippen molar-refractivity contribution >= 4 is 11.6 Å². The molecule has 21 heavy (non-hydrogen) atoms. The van der Waals surface area contributed by atoms with Gasteiger partial charge in [-0.2, -0.15) is 0 Å². The third-order valence-electron chi connectivity index (χ3n) is 3.33. The number of rotatable bonds is 7. The molecule has 0 aliphatic heterocycles. The maximum atomic E-state index is 5.49. The minimum absolute atomic E-state index is 0.223. The van der Waals surface area contributed by atoms with Crippen molar-refractivity contribution in [2.45, 2.75) is 39.2 Å². The van der Waals surface area contributed by atoms with Crippen molar-refractivity contribution in [1.29, 1.82) is 0 Å². The van der Waals surface area contributed by atoms with E-state index in [4.69, 9.17) is 5.84 Å². The smallest absolute Gasteiger partial charge is 0.145 e. The van der Waals surface area contributed by atoms with Crippen molar-refractivity contribution < 1.29 is 0 Å². The quantitative estimate of drug-likeness (QED) is 0.537. The minimum Gasteiger partial charge on any atom is -0.363 e. The molecule has 0 amide bonds. The van der Waals surface area contributed by atoms with Gasteiger partial charge in [-0.05, 0) is 18.4 Å². The molecule has 1 aromatic heterocycles. The molecule has 0 fully saturated rings. The molecule has 0 saturated heterocycles. The molecule has 0 aliphatic rings. The highest BCUT2D eigenvalue weighted by Crippen LogP contribution is 2.22. The molecule has 0 radical (unpaired) electrons. The van der Waals surface area contributed by atoms with Crippen LogP contribution >= 0.6 is 0 Å². The molecular weight excluding hydrogens is 262 g/mol. The maximum absolute atomic E-state index is 5.49. The SMILES string of the molecule is CCCc1nc(NN)cc(NC(CC)c2ccccc2)n1. The van der Waals surface area contributed by atoms with Gasteiger partial charge < -0.3 is 10.7 Å². The molecular formula is C16H23N5. The number of benzene rings is 1. The summed E-state index contributed by atoms with van der Waals surface area (Å²) in [7, 11) is 0. The van der Waals surface area contributed by atoms with Crippen LogP contribution in [-0.4, -0.2) is 9.97 Å². The molecule has 0 spiro atoms. The molecule has 2 aromatic rings. The van der Waals surface area contributed by atoms with E-state index in [0.29, 0.717) is 5.82 Å². The van der Waals surface area contributed by atoms with Crippen LogP contribution in [0.3, 0.4) is 0 Å². The first-order valence-corrected chi connectivity index (χ1v) is 7.42. The number of nitrogens with one attached hydrogen (secondary N) is 2. The fourth-order valence-electron chi connectivity index (χ4n) is 2.27. The van der Waals surface area contributed by atoms with E-state index in [1.807, 2.05) is 12.1 Å². The van der Waals surface area contributed by atoms with Crippen LogP contribution < -0.4 is 16.6 Å². The lowest BCUT2D eigenvalue weighted by molar-refractivity contribution is 0.739. The van der Waals surface area contributed by atoms with E-state index in [1.54, 1.807) is 0 Å². The lowest BCUT2D eigenvalue weighted by atomic mass is 10.0. The summed E-state index contributed by atoms with van der Waals surface area (Å²) in [5.74, 6) is 7.73. The standard InChI is InChI=1S/C16H23N5/c1-3-8-14-19-15(11-16(20-14)21-17)18-13(4-2)12-9-6-5-7-10-12/h5-7,9-11,13H,3-4,8,17H2,1-2H3,(H2,18,19,20,21). The first-order chi connectivity index (χ1) is 10.3. The van der Waals surface area contributed by atoms with Gasteiger partial charge in [0, 0.05) is 12.5 Å². The first kappa shape index (κ1) is 15.3. The van der Waals surface area contributed by atoms with E-state index in [2.05, 4.69) is 58.8 Å². The Morgan fingerprint density at radius 1 is 1.10 bits per heavy atom. The molecule has 1 aromatic carbocycles. The summed E-state index contributed by atoms with van der Waals surface area (Å²) < 4.78 is 0. The van der Waals surface area contributed by atoms with Gasteiger partial charge in [0.05, 0.1) is 6.04 Å². The highest BCUT2D eigenvalue weighted by molar-refractivity contribution is 5.48. The second-order valence-corrected chi connectivity index (χ2v) is 4.96. The minimum atomic E-state index is 0.223. The van der Waals surface area contributed by atoms with Crippen LogP contribution in [0.25, 0.3) is 0 Å². The van der Waals surface area contributed by atoms with Crippen LogP contribution in [0.4, 0.5) is 11.6 Å². The summed E-state index contributed by atoms with van der Waals surface area (Å²) >= 11 is 0. The molecule has 0 aliphatic carbocycles. The molecule has 0 saturated carbocycles. The van der Waals surface area contributed by atoms with Gasteiger partial charge in [-0.3, -0.25) is 0 Å². The molecule has 4 N–H and O–H groups in total. The zero-order chi connectivity index (χ0) is 15.1. The fraction of sp³-hybridized carbons (Fsp3) is 0.375. The number of nitrogens with two attached hydrogens (primary N) is 1. The molecule has 5 heteroatoms. The Morgan fingerprint density at radius 3 is 2.43 bits per heavy atom. The van der Waals surface area contributed by atoms with Crippen molar-refractivity contribution in [3.63, 3.8) is 0 Å². The maximum Gasteiger partial charge on any atom is 0.145 e. The average Bonchev–Trinajstić information content (AvgIpc) is 2.53. The Morgan fingerprint density at radius 2 is 1.81 bits per heavy atom. The molecule has 1 heterocycles. The van der Waals surface area contributed by atoms with Gasteiger partial charge >= 0.3 is 0 Å². The summed E-state index contributed by atoms with van der Waals surface area (Å²) in [6.45, 7) is 4.26. The van der Waals surface area contributed by atoms with E-state index >= 15 is 0 Å². The number of nitrogens with zero attached hydrogens (tertiary/aromatic N) is 2. The van der Waals surface area contributed by atoms with Gasteiger partial charge in [0.2, 0.25) is 0 Å². The Bertz CT molecular complexity index is 556. The van der Waals surface area contributed by atoms with Crippen LogP contribution in [0, 0.1) is 0 Å². The number of hydrogen-bond acceptors (Lipinski definition) is 5. The predicted octanol–water partition coefficient (Wildman–Crippen LogP) is 3.28. The number of hydrazine groups is 1. The van der Waals surface area contributed by atoms with E-state index in [-0.39, 0.29) is 6.04 Å². The van der Waals surface area contributed by atoms with Gasteiger partial charge in [-0.1, -0.05) is 44.2 Å². The monoisotopic (exact) mass is 285 g/mol. The van der Waals surface area contributed by atoms with Gasteiger partial charge in [-0.25, -0.2) is 15.8 Å². The fourth-order valence-corrected chi connectivity index (χ4v) is 2.27. The van der Waals surface area contributed by atoms with Crippen molar-refractivity contribution in [2.75, 3.05) is 10.7 Å². The average molecular weight is 285 g/mol. The lowest BCUT2D eigenvalue weighted by Crippen LogP contribution is -2.15. The van der Waals surface area contributed by atoms with Gasteiger partial charge in [-0.15, -0.1) is 0 Å². The van der Waals surface area contributed by atoms with Crippen molar-refractivity contribution in [1.82, 2.24) is 9.97 Å². The van der Waals surface area contributed by atoms with Crippen LogP contribution in [-0.2, 0) is 6.42 Å². The Labute approximate surface area is 126 Å². The third kappa shape index (κ3) is 4.16. The highest BCUT2D eigenvalue weighted by Gasteiger charge is 2.11. The van der Waals surface area contributed by atoms with Crippen molar-refractivity contribution in [3.05, 3.63) is 47.8 Å². The van der Waals surface area contributed by atoms with Crippen molar-refractivity contribution in [3.8, 4) is 0 Å². The Balaban J connectivity index is 2.22. The number of anilines is 2. The van der Waals surface area contributed by atoms with E-state index in [0.717, 1.165) is 30.9 Å². The zero-order valence-corrected chi connectivity index (χ0v) is 12.6. The number of aromatic nitrogens is 2. The highest BCUT2D eigenvalue weighted by atomic mass is 15.3. The zero-order valence-electron chi connectivity index (χ0n) is 12.6. The predicted molar refractivity (Wildman–Crippen MR) is 86.9 cm³/mol. The third-order valence-corrected chi connectivity index (χ3v) is 3.33. The van der Waals surface area contributed by atoms with Gasteiger partial charge in [0.15, 0.2) is 0 Å². The van der Waals surface area contributed by atoms with Crippen LogP contribution in [0.15, 0.2) is 36.4 Å². The van der Waals surface area contributed by atoms with Gasteiger partial charge in [0.1, 0.15) is 17.5 Å². The second kappa shape index (κ2) is 7.59. The molecule has 5 nitrogen and oxygen atoms in total. The molecule has 1 unspecified atom stereocenters. The van der Waals surface area contributed by atoms with E-state index < -0.39 is 0 Å². The van der Waals surface area contributed by atoms with Crippen LogP contribution in [0.2, 0.25) is 0 Å². The molecule has 112 valence electrons. The number of hydrogen-bond donors (Lipinski definition) is 3. The Hall–Kier alpha value is -2.14. The van der Waals surface area contributed by atoms with Gasteiger partial charge in [0.25, 0.3) is 0 Å². The Kier molecular flexibility index (Phi) is 5.51. The summed E-state index contributed by atoms with van der Waals surface area (Å²) in [5.41, 5.74) is 3.85.